The highest BCUT2D eigenvalue weighted by Crippen LogP contribution is 2.21. The van der Waals surface area contributed by atoms with E-state index < -0.39 is 5.54 Å². The van der Waals surface area contributed by atoms with E-state index in [9.17, 15) is 4.79 Å². The van der Waals surface area contributed by atoms with Crippen LogP contribution in [-0.4, -0.2) is 13.1 Å². The summed E-state index contributed by atoms with van der Waals surface area (Å²) in [6.45, 7) is 1.82. The lowest BCUT2D eigenvalue weighted by atomic mass is 9.90. The number of nitrogens with two attached hydrogens (primary N) is 1. The van der Waals surface area contributed by atoms with Crippen LogP contribution >= 0.6 is 0 Å². The summed E-state index contributed by atoms with van der Waals surface area (Å²) in [5.41, 5.74) is 6.29. The maximum Gasteiger partial charge on any atom is 0.307 e. The molecule has 0 saturated heterocycles. The maximum atomic E-state index is 11.1. The molecule has 0 fully saturated rings. The van der Waals surface area contributed by atoms with Crippen molar-refractivity contribution in [2.45, 2.75) is 18.9 Å². The number of hydrogen-bond donors (Lipinski definition) is 1. The summed E-state index contributed by atoms with van der Waals surface area (Å²) in [5.74, 6) is -0.293. The van der Waals surface area contributed by atoms with Crippen LogP contribution < -0.4 is 5.73 Å². The van der Waals surface area contributed by atoms with Crippen molar-refractivity contribution in [3.8, 4) is 0 Å². The molecule has 76 valence electrons. The summed E-state index contributed by atoms with van der Waals surface area (Å²) in [6, 6.07) is 9.53. The van der Waals surface area contributed by atoms with Gasteiger partial charge in [-0.05, 0) is 12.5 Å². The van der Waals surface area contributed by atoms with Gasteiger partial charge in [-0.25, -0.2) is 0 Å². The molecule has 0 spiro atoms. The molecule has 0 amide bonds. The second kappa shape index (κ2) is 4.24. The molecule has 1 rings (SSSR count). The minimum absolute atomic E-state index is 0.188. The van der Waals surface area contributed by atoms with Crippen LogP contribution in [0.4, 0.5) is 0 Å². The number of hydrogen-bond acceptors (Lipinski definition) is 3. The highest BCUT2D eigenvalue weighted by atomic mass is 16.5. The normalized spacial score (nSPS) is 14.5. The van der Waals surface area contributed by atoms with Crippen LogP contribution in [0, 0.1) is 0 Å². The number of ether oxygens (including phenoxy) is 1. The summed E-state index contributed by atoms with van der Waals surface area (Å²) in [5, 5.41) is 0. The van der Waals surface area contributed by atoms with Crippen LogP contribution in [0.3, 0.4) is 0 Å². The van der Waals surface area contributed by atoms with Crippen LogP contribution in [-0.2, 0) is 15.1 Å². The fourth-order valence-electron chi connectivity index (χ4n) is 1.29. The van der Waals surface area contributed by atoms with Crippen molar-refractivity contribution in [1.82, 2.24) is 0 Å². The van der Waals surface area contributed by atoms with E-state index in [2.05, 4.69) is 4.74 Å². The van der Waals surface area contributed by atoms with Gasteiger partial charge in [0.25, 0.3) is 0 Å². The van der Waals surface area contributed by atoms with E-state index in [-0.39, 0.29) is 12.4 Å². The van der Waals surface area contributed by atoms with E-state index in [1.807, 2.05) is 37.3 Å². The maximum absolute atomic E-state index is 11.1. The Balaban J connectivity index is 2.80. The lowest BCUT2D eigenvalue weighted by Crippen LogP contribution is -2.35. The van der Waals surface area contributed by atoms with Gasteiger partial charge in [-0.2, -0.15) is 0 Å². The smallest absolute Gasteiger partial charge is 0.307 e. The van der Waals surface area contributed by atoms with Gasteiger partial charge in [-0.1, -0.05) is 30.3 Å². The first kappa shape index (κ1) is 10.7. The molecular weight excluding hydrogens is 178 g/mol. The number of carbonyl (C=O) groups excluding carboxylic acids is 1. The monoisotopic (exact) mass is 193 g/mol. The summed E-state index contributed by atoms with van der Waals surface area (Å²) in [4.78, 5) is 11.1. The van der Waals surface area contributed by atoms with Crippen molar-refractivity contribution < 1.29 is 9.53 Å². The predicted octanol–water partition coefficient (Wildman–Crippen LogP) is 1.42. The van der Waals surface area contributed by atoms with E-state index in [4.69, 9.17) is 5.73 Å². The van der Waals surface area contributed by atoms with E-state index in [1.54, 1.807) is 0 Å². The molecule has 3 heteroatoms. The molecule has 2 N–H and O–H groups in total. The Hall–Kier alpha value is -1.35. The Labute approximate surface area is 83.9 Å². The minimum Gasteiger partial charge on any atom is -0.469 e. The zero-order valence-corrected chi connectivity index (χ0v) is 8.49. The first-order valence-corrected chi connectivity index (χ1v) is 4.47. The van der Waals surface area contributed by atoms with Gasteiger partial charge in [-0.15, -0.1) is 0 Å². The van der Waals surface area contributed by atoms with Crippen molar-refractivity contribution in [3.05, 3.63) is 35.9 Å². The Morgan fingerprint density at radius 3 is 2.50 bits per heavy atom. The van der Waals surface area contributed by atoms with Gasteiger partial charge in [0, 0.05) is 5.54 Å². The number of esters is 1. The summed E-state index contributed by atoms with van der Waals surface area (Å²) in [6.07, 6.45) is 0.188. The van der Waals surface area contributed by atoms with Gasteiger partial charge in [0.05, 0.1) is 13.5 Å². The Morgan fingerprint density at radius 2 is 2.00 bits per heavy atom. The fourth-order valence-corrected chi connectivity index (χ4v) is 1.29. The Bertz CT molecular complexity index is 306. The molecule has 0 heterocycles. The molecule has 0 saturated carbocycles. The van der Waals surface area contributed by atoms with Crippen LogP contribution in [0.15, 0.2) is 30.3 Å². The van der Waals surface area contributed by atoms with E-state index >= 15 is 0 Å². The zero-order chi connectivity index (χ0) is 10.6. The van der Waals surface area contributed by atoms with Crippen molar-refractivity contribution in [2.24, 2.45) is 5.73 Å². The van der Waals surface area contributed by atoms with Crippen molar-refractivity contribution >= 4 is 5.97 Å². The quantitative estimate of drug-likeness (QED) is 0.739. The first-order chi connectivity index (χ1) is 6.56. The fraction of sp³-hybridized carbons (Fsp3) is 0.364. The molecule has 14 heavy (non-hydrogen) atoms. The molecule has 3 nitrogen and oxygen atoms in total. The lowest BCUT2D eigenvalue weighted by molar-refractivity contribution is -0.141. The first-order valence-electron chi connectivity index (χ1n) is 4.47. The number of rotatable bonds is 3. The molecule has 1 atom stereocenters. The van der Waals surface area contributed by atoms with Gasteiger partial charge in [-0.3, -0.25) is 4.79 Å². The topological polar surface area (TPSA) is 52.3 Å². The van der Waals surface area contributed by atoms with Gasteiger partial charge in [0.2, 0.25) is 0 Å². The van der Waals surface area contributed by atoms with Crippen LogP contribution in [0.25, 0.3) is 0 Å². The summed E-state index contributed by atoms with van der Waals surface area (Å²) < 4.78 is 4.59. The number of benzene rings is 1. The molecule has 0 aliphatic heterocycles. The van der Waals surface area contributed by atoms with E-state index in [0.29, 0.717) is 0 Å². The summed E-state index contributed by atoms with van der Waals surface area (Å²) >= 11 is 0. The molecule has 1 aromatic rings. The zero-order valence-electron chi connectivity index (χ0n) is 8.49. The van der Waals surface area contributed by atoms with Gasteiger partial charge in [0.15, 0.2) is 0 Å². The molecule has 0 aliphatic carbocycles. The molecule has 1 aromatic carbocycles. The molecule has 0 radical (unpaired) electrons. The Kier molecular flexibility index (Phi) is 3.25. The second-order valence-electron chi connectivity index (χ2n) is 3.54. The van der Waals surface area contributed by atoms with Crippen molar-refractivity contribution in [3.63, 3.8) is 0 Å². The lowest BCUT2D eigenvalue weighted by Gasteiger charge is -2.23. The van der Waals surface area contributed by atoms with Crippen LogP contribution in [0.1, 0.15) is 18.9 Å². The van der Waals surface area contributed by atoms with E-state index in [1.165, 1.54) is 7.11 Å². The molecule has 0 aromatic heterocycles. The van der Waals surface area contributed by atoms with E-state index in [0.717, 1.165) is 5.56 Å². The Morgan fingerprint density at radius 1 is 1.43 bits per heavy atom. The van der Waals surface area contributed by atoms with Gasteiger partial charge in [0.1, 0.15) is 0 Å². The summed E-state index contributed by atoms with van der Waals surface area (Å²) in [7, 11) is 1.36. The standard InChI is InChI=1S/C11H15NO2/c1-11(12,8-10(13)14-2)9-6-4-3-5-7-9/h3-7H,8,12H2,1-2H3. The molecule has 0 aliphatic rings. The highest BCUT2D eigenvalue weighted by molar-refractivity contribution is 5.71. The second-order valence-corrected chi connectivity index (χ2v) is 3.54. The molecular formula is C11H15NO2. The molecule has 1 unspecified atom stereocenters. The van der Waals surface area contributed by atoms with Crippen LogP contribution in [0.2, 0.25) is 0 Å². The van der Waals surface area contributed by atoms with Gasteiger partial charge >= 0.3 is 5.97 Å². The third-order valence-electron chi connectivity index (χ3n) is 2.17. The van der Waals surface area contributed by atoms with Crippen LogP contribution in [0.5, 0.6) is 0 Å². The largest absolute Gasteiger partial charge is 0.469 e. The minimum atomic E-state index is -0.658. The SMILES string of the molecule is COC(=O)CC(C)(N)c1ccccc1. The average Bonchev–Trinajstić information content (AvgIpc) is 2.18. The third-order valence-corrected chi connectivity index (χ3v) is 2.17. The average molecular weight is 193 g/mol. The van der Waals surface area contributed by atoms with Crippen molar-refractivity contribution in [1.29, 1.82) is 0 Å². The third kappa shape index (κ3) is 2.57. The molecule has 0 bridgehead atoms. The highest BCUT2D eigenvalue weighted by Gasteiger charge is 2.24. The predicted molar refractivity (Wildman–Crippen MR) is 54.6 cm³/mol. The van der Waals surface area contributed by atoms with Crippen molar-refractivity contribution in [2.75, 3.05) is 7.11 Å². The van der Waals surface area contributed by atoms with Gasteiger partial charge < -0.3 is 10.5 Å². The number of methoxy groups -OCH3 is 1. The number of carbonyl (C=O) groups is 1.